The van der Waals surface area contributed by atoms with Crippen molar-refractivity contribution in [2.24, 2.45) is 0 Å². The summed E-state index contributed by atoms with van der Waals surface area (Å²) in [5.41, 5.74) is 0.667. The summed E-state index contributed by atoms with van der Waals surface area (Å²) in [6, 6.07) is 4.33. The number of hydrogen-bond donors (Lipinski definition) is 0. The third kappa shape index (κ3) is 3.90. The van der Waals surface area contributed by atoms with Crippen LogP contribution in [-0.4, -0.2) is 42.9 Å². The second-order valence-electron chi connectivity index (χ2n) is 5.71. The number of benzene rings is 1. The van der Waals surface area contributed by atoms with Crippen molar-refractivity contribution < 1.29 is 22.7 Å². The molecule has 2 heterocycles. The fourth-order valence-electron chi connectivity index (χ4n) is 2.67. The molecule has 0 N–H and O–H groups in total. The van der Waals surface area contributed by atoms with Gasteiger partial charge in [-0.2, -0.15) is 0 Å². The van der Waals surface area contributed by atoms with E-state index in [1.165, 1.54) is 33.9 Å². The number of hydrogen-bond acceptors (Lipinski definition) is 7. The van der Waals surface area contributed by atoms with Gasteiger partial charge < -0.3 is 4.74 Å². The van der Waals surface area contributed by atoms with E-state index in [0.29, 0.717) is 21.1 Å². The van der Waals surface area contributed by atoms with Crippen molar-refractivity contribution in [2.45, 2.75) is 18.2 Å². The number of thiazole rings is 1. The Bertz CT molecular complexity index is 1150. The molecule has 0 aliphatic rings. The Morgan fingerprint density at radius 3 is 2.78 bits per heavy atom. The van der Waals surface area contributed by atoms with Crippen LogP contribution in [0, 0.1) is 0 Å². The predicted octanol–water partition coefficient (Wildman–Crippen LogP) is 3.04. The van der Waals surface area contributed by atoms with Crippen LogP contribution in [0.15, 0.2) is 29.3 Å². The number of carbonyl (C=O) groups excluding carboxylic acids is 2. The number of sulfone groups is 1. The number of aldehydes is 1. The molecule has 142 valence electrons. The van der Waals surface area contributed by atoms with E-state index in [1.54, 1.807) is 13.1 Å². The maximum absolute atomic E-state index is 12.1. The van der Waals surface area contributed by atoms with Crippen LogP contribution in [0.1, 0.15) is 22.3 Å². The maximum Gasteiger partial charge on any atom is 0.311 e. The third-order valence-corrected chi connectivity index (χ3v) is 6.12. The second-order valence-corrected chi connectivity index (χ2v) is 9.22. The molecule has 27 heavy (non-hydrogen) atoms. The standard InChI is InChI=1S/C17H15ClN2O5S2/c1-3-25-15(22)7-11-8-20-13(9-21)16(19-17(20)26-11)12-6-10(18)4-5-14(12)27(2,23)24/h4-6,8-9H,3,7H2,1-2H3. The lowest BCUT2D eigenvalue weighted by Crippen LogP contribution is -2.06. The number of fused-ring (bicyclic) bond motifs is 1. The molecule has 1 aromatic carbocycles. The SMILES string of the molecule is CCOC(=O)Cc1cn2c(C=O)c(-c3cc(Cl)ccc3S(C)(=O)=O)nc2s1. The molecule has 10 heteroatoms. The van der Waals surface area contributed by atoms with Crippen molar-refractivity contribution in [3.63, 3.8) is 0 Å². The lowest BCUT2D eigenvalue weighted by atomic mass is 10.1. The Balaban J connectivity index is 2.15. The lowest BCUT2D eigenvalue weighted by Gasteiger charge is -2.07. The van der Waals surface area contributed by atoms with Gasteiger partial charge in [0.2, 0.25) is 0 Å². The molecule has 0 aliphatic carbocycles. The molecule has 0 atom stereocenters. The van der Waals surface area contributed by atoms with Gasteiger partial charge in [0.25, 0.3) is 0 Å². The highest BCUT2D eigenvalue weighted by atomic mass is 35.5. The van der Waals surface area contributed by atoms with Gasteiger partial charge in [0.15, 0.2) is 21.1 Å². The average Bonchev–Trinajstić information content (AvgIpc) is 3.10. The molecule has 0 fully saturated rings. The highest BCUT2D eigenvalue weighted by molar-refractivity contribution is 7.90. The summed E-state index contributed by atoms with van der Waals surface area (Å²) in [7, 11) is -3.56. The van der Waals surface area contributed by atoms with E-state index in [4.69, 9.17) is 16.3 Å². The van der Waals surface area contributed by atoms with Crippen LogP contribution in [-0.2, 0) is 25.8 Å². The van der Waals surface area contributed by atoms with Gasteiger partial charge in [-0.25, -0.2) is 13.4 Å². The molecule has 0 bridgehead atoms. The number of aromatic nitrogens is 2. The Morgan fingerprint density at radius 1 is 1.41 bits per heavy atom. The summed E-state index contributed by atoms with van der Waals surface area (Å²) >= 11 is 7.25. The van der Waals surface area contributed by atoms with Crippen LogP contribution in [0.2, 0.25) is 5.02 Å². The highest BCUT2D eigenvalue weighted by Gasteiger charge is 2.23. The van der Waals surface area contributed by atoms with Crippen molar-refractivity contribution in [1.82, 2.24) is 9.38 Å². The first-order valence-corrected chi connectivity index (χ1v) is 10.9. The zero-order valence-electron chi connectivity index (χ0n) is 14.4. The maximum atomic E-state index is 12.1. The monoisotopic (exact) mass is 426 g/mol. The second kappa shape index (κ2) is 7.41. The molecule has 0 amide bonds. The van der Waals surface area contributed by atoms with Gasteiger partial charge in [-0.1, -0.05) is 11.6 Å². The number of esters is 1. The average molecular weight is 427 g/mol. The number of halogens is 1. The number of rotatable bonds is 6. The summed E-state index contributed by atoms with van der Waals surface area (Å²) in [5.74, 6) is -0.371. The molecular formula is C17H15ClN2O5S2. The predicted molar refractivity (Wildman–Crippen MR) is 102 cm³/mol. The topological polar surface area (TPSA) is 94.8 Å². The number of ether oxygens (including phenoxy) is 1. The molecule has 7 nitrogen and oxygen atoms in total. The molecular weight excluding hydrogens is 412 g/mol. The Labute approximate surface area is 164 Å². The van der Waals surface area contributed by atoms with Crippen LogP contribution in [0.25, 0.3) is 16.2 Å². The zero-order valence-corrected chi connectivity index (χ0v) is 16.8. The van der Waals surface area contributed by atoms with Crippen molar-refractivity contribution >= 4 is 50.0 Å². The van der Waals surface area contributed by atoms with Crippen molar-refractivity contribution in [3.8, 4) is 11.3 Å². The van der Waals surface area contributed by atoms with Gasteiger partial charge in [-0.3, -0.25) is 14.0 Å². The van der Waals surface area contributed by atoms with Gasteiger partial charge in [-0.15, -0.1) is 11.3 Å². The minimum atomic E-state index is -3.56. The smallest absolute Gasteiger partial charge is 0.311 e. The first-order chi connectivity index (χ1) is 12.7. The highest BCUT2D eigenvalue weighted by Crippen LogP contribution is 2.33. The molecule has 0 saturated carbocycles. The van der Waals surface area contributed by atoms with E-state index >= 15 is 0 Å². The summed E-state index contributed by atoms with van der Waals surface area (Å²) < 4.78 is 30.7. The minimum Gasteiger partial charge on any atom is -0.466 e. The molecule has 3 aromatic rings. The molecule has 0 aliphatic heterocycles. The molecule has 0 saturated heterocycles. The van der Waals surface area contributed by atoms with Crippen LogP contribution in [0.4, 0.5) is 0 Å². The van der Waals surface area contributed by atoms with Gasteiger partial charge in [-0.05, 0) is 25.1 Å². The van der Waals surface area contributed by atoms with E-state index in [-0.39, 0.29) is 40.8 Å². The van der Waals surface area contributed by atoms with E-state index in [1.807, 2.05) is 0 Å². The van der Waals surface area contributed by atoms with E-state index < -0.39 is 9.84 Å². The zero-order chi connectivity index (χ0) is 19.8. The first kappa shape index (κ1) is 19.5. The molecule has 0 radical (unpaired) electrons. The minimum absolute atomic E-state index is 0.0347. The molecule has 0 unspecified atom stereocenters. The fraction of sp³-hybridized carbons (Fsp3) is 0.235. The van der Waals surface area contributed by atoms with Gasteiger partial charge >= 0.3 is 5.97 Å². The number of carbonyl (C=O) groups is 2. The van der Waals surface area contributed by atoms with Crippen LogP contribution in [0.3, 0.4) is 0 Å². The van der Waals surface area contributed by atoms with Crippen LogP contribution < -0.4 is 0 Å². The van der Waals surface area contributed by atoms with Crippen LogP contribution in [0.5, 0.6) is 0 Å². The van der Waals surface area contributed by atoms with E-state index in [9.17, 15) is 18.0 Å². The first-order valence-electron chi connectivity index (χ1n) is 7.86. The summed E-state index contributed by atoms with van der Waals surface area (Å²) in [6.45, 7) is 2.01. The normalized spacial score (nSPS) is 11.7. The lowest BCUT2D eigenvalue weighted by molar-refractivity contribution is -0.142. The third-order valence-electron chi connectivity index (χ3n) is 3.74. The largest absolute Gasteiger partial charge is 0.466 e. The van der Waals surface area contributed by atoms with Gasteiger partial charge in [0, 0.05) is 27.9 Å². The molecule has 2 aromatic heterocycles. The van der Waals surface area contributed by atoms with E-state index in [2.05, 4.69) is 4.98 Å². The molecule has 3 rings (SSSR count). The Kier molecular flexibility index (Phi) is 5.36. The molecule has 0 spiro atoms. The van der Waals surface area contributed by atoms with E-state index in [0.717, 1.165) is 6.26 Å². The summed E-state index contributed by atoms with van der Waals surface area (Å²) in [4.78, 5) is 29.0. The quantitative estimate of drug-likeness (QED) is 0.444. The fourth-order valence-corrected chi connectivity index (χ4v) is 4.68. The Morgan fingerprint density at radius 2 is 2.15 bits per heavy atom. The summed E-state index contributed by atoms with van der Waals surface area (Å²) in [5, 5.41) is 0.327. The number of nitrogens with zero attached hydrogens (tertiary/aromatic N) is 2. The van der Waals surface area contributed by atoms with Crippen molar-refractivity contribution in [2.75, 3.05) is 12.9 Å². The number of imidazole rings is 1. The Hall–Kier alpha value is -2.23. The van der Waals surface area contributed by atoms with Gasteiger partial charge in [0.1, 0.15) is 11.4 Å². The van der Waals surface area contributed by atoms with Crippen LogP contribution >= 0.6 is 22.9 Å². The van der Waals surface area contributed by atoms with Crippen molar-refractivity contribution in [3.05, 3.63) is 40.0 Å². The van der Waals surface area contributed by atoms with Crippen molar-refractivity contribution in [1.29, 1.82) is 0 Å². The summed E-state index contributed by atoms with van der Waals surface area (Å²) in [6.07, 6.45) is 3.38. The van der Waals surface area contributed by atoms with Gasteiger partial charge in [0.05, 0.1) is 17.9 Å².